The van der Waals surface area contributed by atoms with Gasteiger partial charge in [0.15, 0.2) is 5.65 Å². The van der Waals surface area contributed by atoms with Crippen LogP contribution in [0, 0.1) is 0 Å². The maximum atomic E-state index is 5.90. The summed E-state index contributed by atoms with van der Waals surface area (Å²) in [5.74, 6) is 1.57. The number of halogens is 2. The van der Waals surface area contributed by atoms with Crippen LogP contribution in [0.2, 0.25) is 0 Å². The second kappa shape index (κ2) is 6.58. The van der Waals surface area contributed by atoms with E-state index in [0.717, 1.165) is 40.8 Å². The van der Waals surface area contributed by atoms with E-state index in [1.165, 1.54) is 5.56 Å². The molecule has 0 saturated carbocycles. The standard InChI is InChI=1S/C16H15BrClN3/c17-13-10-14-16(19-11-13)21(15(20-14)6-8-18)9-7-12-4-2-1-3-5-12/h1-5,10-11H,6-9H2. The topological polar surface area (TPSA) is 30.7 Å². The maximum absolute atomic E-state index is 5.90. The number of hydrogen-bond acceptors (Lipinski definition) is 2. The average molecular weight is 365 g/mol. The maximum Gasteiger partial charge on any atom is 0.160 e. The predicted octanol–water partition coefficient (Wildman–Crippen LogP) is 4.22. The molecule has 0 aliphatic rings. The number of fused-ring (bicyclic) bond motifs is 1. The van der Waals surface area contributed by atoms with Gasteiger partial charge in [0.25, 0.3) is 0 Å². The molecule has 0 radical (unpaired) electrons. The molecular formula is C16H15BrClN3. The van der Waals surface area contributed by atoms with Gasteiger partial charge in [-0.25, -0.2) is 9.97 Å². The van der Waals surface area contributed by atoms with Gasteiger partial charge in [-0.15, -0.1) is 11.6 Å². The highest BCUT2D eigenvalue weighted by atomic mass is 79.9. The van der Waals surface area contributed by atoms with Gasteiger partial charge in [-0.1, -0.05) is 30.3 Å². The summed E-state index contributed by atoms with van der Waals surface area (Å²) >= 11 is 9.34. The Bertz CT molecular complexity index is 740. The summed E-state index contributed by atoms with van der Waals surface area (Å²) in [4.78, 5) is 9.17. The lowest BCUT2D eigenvalue weighted by Gasteiger charge is -2.08. The Balaban J connectivity index is 1.93. The van der Waals surface area contributed by atoms with Crippen LogP contribution < -0.4 is 0 Å². The lowest BCUT2D eigenvalue weighted by atomic mass is 10.1. The van der Waals surface area contributed by atoms with Crippen LogP contribution in [-0.4, -0.2) is 20.4 Å². The highest BCUT2D eigenvalue weighted by molar-refractivity contribution is 9.10. The quantitative estimate of drug-likeness (QED) is 0.635. The van der Waals surface area contributed by atoms with Gasteiger partial charge in [0.1, 0.15) is 11.3 Å². The number of aromatic nitrogens is 3. The molecule has 0 unspecified atom stereocenters. The zero-order valence-electron chi connectivity index (χ0n) is 11.5. The Morgan fingerprint density at radius 1 is 1.14 bits per heavy atom. The fourth-order valence-electron chi connectivity index (χ4n) is 2.43. The number of pyridine rings is 1. The summed E-state index contributed by atoms with van der Waals surface area (Å²) in [6.45, 7) is 0.862. The number of imidazole rings is 1. The molecule has 0 atom stereocenters. The summed E-state index contributed by atoms with van der Waals surface area (Å²) in [5, 5.41) is 0. The molecule has 2 aromatic heterocycles. The number of benzene rings is 1. The molecule has 5 heteroatoms. The molecule has 3 nitrogen and oxygen atoms in total. The van der Waals surface area contributed by atoms with E-state index < -0.39 is 0 Å². The molecule has 0 saturated heterocycles. The van der Waals surface area contributed by atoms with Crippen LogP contribution in [-0.2, 0) is 19.4 Å². The van der Waals surface area contributed by atoms with Crippen molar-refractivity contribution >= 4 is 38.7 Å². The van der Waals surface area contributed by atoms with Crippen molar-refractivity contribution in [2.75, 3.05) is 5.88 Å². The third-order valence-electron chi connectivity index (χ3n) is 3.42. The smallest absolute Gasteiger partial charge is 0.160 e. The van der Waals surface area contributed by atoms with Crippen molar-refractivity contribution in [3.05, 3.63) is 58.5 Å². The fraction of sp³-hybridized carbons (Fsp3) is 0.250. The fourth-order valence-corrected chi connectivity index (χ4v) is 2.92. The van der Waals surface area contributed by atoms with Gasteiger partial charge in [0.2, 0.25) is 0 Å². The van der Waals surface area contributed by atoms with Crippen LogP contribution in [0.1, 0.15) is 11.4 Å². The first kappa shape index (κ1) is 14.5. The molecule has 0 amide bonds. The van der Waals surface area contributed by atoms with E-state index in [4.69, 9.17) is 11.6 Å². The SMILES string of the molecule is ClCCc1nc2cc(Br)cnc2n1CCc1ccccc1. The number of nitrogens with zero attached hydrogens (tertiary/aromatic N) is 3. The molecular weight excluding hydrogens is 350 g/mol. The summed E-state index contributed by atoms with van der Waals surface area (Å²) in [6, 6.07) is 12.5. The Morgan fingerprint density at radius 2 is 1.95 bits per heavy atom. The van der Waals surface area contributed by atoms with Gasteiger partial charge in [-0.2, -0.15) is 0 Å². The lowest BCUT2D eigenvalue weighted by Crippen LogP contribution is -2.07. The van der Waals surface area contributed by atoms with Crippen LogP contribution in [0.5, 0.6) is 0 Å². The van der Waals surface area contributed by atoms with Gasteiger partial charge in [0, 0.05) is 29.5 Å². The van der Waals surface area contributed by atoms with E-state index in [9.17, 15) is 0 Å². The highest BCUT2D eigenvalue weighted by Gasteiger charge is 2.11. The second-order valence-corrected chi connectivity index (χ2v) is 6.14. The largest absolute Gasteiger partial charge is 0.312 e. The first-order valence-corrected chi connectivity index (χ1v) is 8.21. The van der Waals surface area contributed by atoms with Gasteiger partial charge in [-0.05, 0) is 34.0 Å². The molecule has 0 aliphatic heterocycles. The lowest BCUT2D eigenvalue weighted by molar-refractivity contribution is 0.670. The van der Waals surface area contributed by atoms with Gasteiger partial charge < -0.3 is 4.57 Å². The minimum absolute atomic E-state index is 0.565. The monoisotopic (exact) mass is 363 g/mol. The van der Waals surface area contributed by atoms with Crippen LogP contribution in [0.3, 0.4) is 0 Å². The third kappa shape index (κ3) is 3.27. The summed E-state index contributed by atoms with van der Waals surface area (Å²) < 4.78 is 3.12. The predicted molar refractivity (Wildman–Crippen MR) is 89.8 cm³/mol. The molecule has 0 spiro atoms. The van der Waals surface area contributed by atoms with E-state index >= 15 is 0 Å². The number of aryl methyl sites for hydroxylation is 3. The zero-order chi connectivity index (χ0) is 14.7. The van der Waals surface area contributed by atoms with Crippen LogP contribution in [0.15, 0.2) is 47.1 Å². The van der Waals surface area contributed by atoms with Gasteiger partial charge in [-0.3, -0.25) is 0 Å². The van der Waals surface area contributed by atoms with Crippen LogP contribution in [0.25, 0.3) is 11.2 Å². The Hall–Kier alpha value is -1.39. The van der Waals surface area contributed by atoms with Crippen LogP contribution >= 0.6 is 27.5 Å². The first-order valence-electron chi connectivity index (χ1n) is 6.88. The molecule has 3 rings (SSSR count). The molecule has 0 N–H and O–H groups in total. The number of alkyl halides is 1. The number of rotatable bonds is 5. The average Bonchev–Trinajstić information content (AvgIpc) is 2.83. The molecule has 0 aliphatic carbocycles. The molecule has 0 fully saturated rings. The van der Waals surface area contributed by atoms with E-state index in [1.54, 1.807) is 0 Å². The highest BCUT2D eigenvalue weighted by Crippen LogP contribution is 2.19. The summed E-state index contributed by atoms with van der Waals surface area (Å²) in [5.41, 5.74) is 3.15. The van der Waals surface area contributed by atoms with Crippen LogP contribution in [0.4, 0.5) is 0 Å². The molecule has 108 valence electrons. The van der Waals surface area contributed by atoms with Gasteiger partial charge in [0.05, 0.1) is 0 Å². The first-order chi connectivity index (χ1) is 10.3. The van der Waals surface area contributed by atoms with Crippen molar-refractivity contribution in [2.45, 2.75) is 19.4 Å². The van der Waals surface area contributed by atoms with E-state index in [1.807, 2.05) is 18.3 Å². The number of hydrogen-bond donors (Lipinski definition) is 0. The minimum Gasteiger partial charge on any atom is -0.312 e. The van der Waals surface area contributed by atoms with Gasteiger partial charge >= 0.3 is 0 Å². The summed E-state index contributed by atoms with van der Waals surface area (Å²) in [6.07, 6.45) is 3.52. The van der Waals surface area contributed by atoms with Crippen molar-refractivity contribution in [3.8, 4) is 0 Å². The second-order valence-electron chi connectivity index (χ2n) is 4.85. The molecule has 3 aromatic rings. The third-order valence-corrected chi connectivity index (χ3v) is 4.04. The Morgan fingerprint density at radius 3 is 2.71 bits per heavy atom. The molecule has 1 aromatic carbocycles. The van der Waals surface area contributed by atoms with Crippen molar-refractivity contribution < 1.29 is 0 Å². The van der Waals surface area contributed by atoms with E-state index in [2.05, 4.69) is 54.7 Å². The van der Waals surface area contributed by atoms with Crippen molar-refractivity contribution in [3.63, 3.8) is 0 Å². The molecule has 2 heterocycles. The normalized spacial score (nSPS) is 11.1. The molecule has 0 bridgehead atoms. The van der Waals surface area contributed by atoms with Crippen molar-refractivity contribution in [2.24, 2.45) is 0 Å². The Labute approximate surface area is 137 Å². The van der Waals surface area contributed by atoms with Crippen molar-refractivity contribution in [1.29, 1.82) is 0 Å². The van der Waals surface area contributed by atoms with Crippen molar-refractivity contribution in [1.82, 2.24) is 14.5 Å². The van der Waals surface area contributed by atoms with E-state index in [0.29, 0.717) is 5.88 Å². The summed E-state index contributed by atoms with van der Waals surface area (Å²) in [7, 11) is 0. The Kier molecular flexibility index (Phi) is 4.56. The minimum atomic E-state index is 0.565. The van der Waals surface area contributed by atoms with E-state index in [-0.39, 0.29) is 0 Å². The zero-order valence-corrected chi connectivity index (χ0v) is 13.8. The molecule has 21 heavy (non-hydrogen) atoms.